The molecule has 0 fully saturated rings. The average Bonchev–Trinajstić information content (AvgIpc) is 3.65. The fourth-order valence-electron chi connectivity index (χ4n) is 4.03. The molecular formula is C27H17N4O2. The average molecular weight is 429 g/mol. The Balaban J connectivity index is 1.50. The Hall–Kier alpha value is -4.71. The van der Waals surface area contributed by atoms with E-state index < -0.39 is 0 Å². The second-order valence-corrected chi connectivity index (χ2v) is 7.48. The lowest BCUT2D eigenvalue weighted by Crippen LogP contribution is -1.90. The molecule has 6 nitrogen and oxygen atoms in total. The van der Waals surface area contributed by atoms with Gasteiger partial charge >= 0.3 is 0 Å². The van der Waals surface area contributed by atoms with Gasteiger partial charge in [-0.2, -0.15) is 0 Å². The van der Waals surface area contributed by atoms with Crippen LogP contribution in [0, 0.1) is 6.39 Å². The third-order valence-corrected chi connectivity index (χ3v) is 5.54. The molecule has 0 unspecified atom stereocenters. The fourth-order valence-corrected chi connectivity index (χ4v) is 4.03. The molecule has 0 amide bonds. The summed E-state index contributed by atoms with van der Waals surface area (Å²) in [5.74, 6) is 1.25. The zero-order chi connectivity index (χ0) is 22.0. The first kappa shape index (κ1) is 19.0. The van der Waals surface area contributed by atoms with Crippen LogP contribution in [-0.4, -0.2) is 20.3 Å². The van der Waals surface area contributed by atoms with E-state index in [1.165, 1.54) is 0 Å². The zero-order valence-corrected chi connectivity index (χ0v) is 17.4. The molecule has 0 spiro atoms. The first-order chi connectivity index (χ1) is 16.4. The third-order valence-electron chi connectivity index (χ3n) is 5.54. The highest BCUT2D eigenvalue weighted by Gasteiger charge is 2.23. The lowest BCUT2D eigenvalue weighted by atomic mass is 9.94. The molecule has 0 saturated heterocycles. The van der Waals surface area contributed by atoms with Gasteiger partial charge in [0.15, 0.2) is 11.5 Å². The highest BCUT2D eigenvalue weighted by Crippen LogP contribution is 2.41. The van der Waals surface area contributed by atoms with E-state index in [4.69, 9.17) is 8.94 Å². The monoisotopic (exact) mass is 429 g/mol. The number of hydrogen-bond acceptors (Lipinski definition) is 5. The maximum Gasteiger partial charge on any atom is 0.284 e. The number of nitrogens with zero attached hydrogens (tertiary/aromatic N) is 3. The molecule has 33 heavy (non-hydrogen) atoms. The van der Waals surface area contributed by atoms with E-state index in [1.807, 2.05) is 97.2 Å². The van der Waals surface area contributed by atoms with Crippen LogP contribution in [0.3, 0.4) is 0 Å². The van der Waals surface area contributed by atoms with Gasteiger partial charge in [0.25, 0.3) is 6.39 Å². The van der Waals surface area contributed by atoms with Crippen LogP contribution in [0.25, 0.3) is 56.4 Å². The molecule has 0 aliphatic carbocycles. The van der Waals surface area contributed by atoms with Gasteiger partial charge < -0.3 is 13.9 Å². The third kappa shape index (κ3) is 3.34. The molecule has 157 valence electrons. The number of benzene rings is 3. The van der Waals surface area contributed by atoms with E-state index in [2.05, 4.69) is 26.7 Å². The smallest absolute Gasteiger partial charge is 0.284 e. The molecular weight excluding hydrogens is 412 g/mol. The van der Waals surface area contributed by atoms with Gasteiger partial charge in [0.2, 0.25) is 0 Å². The van der Waals surface area contributed by atoms with Crippen LogP contribution in [0.4, 0.5) is 0 Å². The van der Waals surface area contributed by atoms with Crippen molar-refractivity contribution in [1.29, 1.82) is 0 Å². The van der Waals surface area contributed by atoms with Crippen molar-refractivity contribution in [2.75, 3.05) is 0 Å². The van der Waals surface area contributed by atoms with E-state index in [1.54, 1.807) is 0 Å². The molecule has 6 rings (SSSR count). The zero-order valence-electron chi connectivity index (χ0n) is 17.4. The van der Waals surface area contributed by atoms with Crippen LogP contribution in [-0.2, 0) is 0 Å². The van der Waals surface area contributed by atoms with Crippen molar-refractivity contribution in [3.63, 3.8) is 0 Å². The van der Waals surface area contributed by atoms with Crippen molar-refractivity contribution < 1.29 is 8.94 Å². The summed E-state index contributed by atoms with van der Waals surface area (Å²) in [6.45, 7) is 0. The van der Waals surface area contributed by atoms with Crippen LogP contribution < -0.4 is 0 Å². The first-order valence-electron chi connectivity index (χ1n) is 10.5. The molecule has 1 N–H and O–H groups in total. The molecule has 0 saturated carbocycles. The quantitative estimate of drug-likeness (QED) is 0.337. The Bertz CT molecular complexity index is 1510. The number of aromatic nitrogens is 4. The van der Waals surface area contributed by atoms with Crippen LogP contribution in [0.5, 0.6) is 0 Å². The van der Waals surface area contributed by atoms with Crippen molar-refractivity contribution in [2.24, 2.45) is 0 Å². The molecule has 3 aromatic heterocycles. The summed E-state index contributed by atoms with van der Waals surface area (Å²) in [5, 5.41) is 8.18. The van der Waals surface area contributed by atoms with Crippen molar-refractivity contribution in [3.05, 3.63) is 104 Å². The van der Waals surface area contributed by atoms with E-state index in [9.17, 15) is 0 Å². The highest BCUT2D eigenvalue weighted by atomic mass is 16.5. The molecule has 3 heterocycles. The summed E-state index contributed by atoms with van der Waals surface area (Å²) in [6.07, 6.45) is 4.54. The number of rotatable bonds is 5. The number of nitrogens with one attached hydrogen (secondary N) is 1. The van der Waals surface area contributed by atoms with E-state index in [0.29, 0.717) is 17.2 Å². The summed E-state index contributed by atoms with van der Waals surface area (Å²) in [4.78, 5) is 7.68. The summed E-state index contributed by atoms with van der Waals surface area (Å²) < 4.78 is 11.3. The molecule has 0 atom stereocenters. The Labute approximate surface area is 189 Å². The SMILES string of the molecule is [c]1nc(-c2ccccc2)c(-c2[nH]ccc2-c2ccccc2-c2nnoc2-c2ccccc2)o1. The molecule has 1 radical (unpaired) electrons. The maximum atomic E-state index is 5.74. The summed E-state index contributed by atoms with van der Waals surface area (Å²) in [6, 6.07) is 29.8. The Morgan fingerprint density at radius 3 is 2.12 bits per heavy atom. The highest BCUT2D eigenvalue weighted by molar-refractivity contribution is 5.93. The standard InChI is InChI=1S/C27H17N4O2/c1-3-9-18(10-4-1)23-27(32-17-29-23)24-22(15-16-28-24)20-13-7-8-14-21(20)25-26(33-31-30-25)19-11-5-2-6-12-19/h1-16,28H. The Kier molecular flexibility index (Phi) is 4.66. The second-order valence-electron chi connectivity index (χ2n) is 7.48. The molecule has 0 aliphatic heterocycles. The van der Waals surface area contributed by atoms with Gasteiger partial charge in [-0.25, -0.2) is 4.98 Å². The van der Waals surface area contributed by atoms with Crippen molar-refractivity contribution in [1.82, 2.24) is 20.3 Å². The molecule has 6 heteroatoms. The van der Waals surface area contributed by atoms with E-state index >= 15 is 0 Å². The van der Waals surface area contributed by atoms with E-state index in [0.717, 1.165) is 39.2 Å². The normalized spacial score (nSPS) is 11.0. The topological polar surface area (TPSA) is 80.7 Å². The van der Waals surface area contributed by atoms with Gasteiger partial charge in [-0.3, -0.25) is 0 Å². The minimum absolute atomic E-state index is 0.623. The molecule has 6 aromatic rings. The fraction of sp³-hybridized carbons (Fsp3) is 0. The number of H-pyrrole nitrogens is 1. The van der Waals surface area contributed by atoms with Gasteiger partial charge in [-0.1, -0.05) is 84.9 Å². The Morgan fingerprint density at radius 2 is 1.33 bits per heavy atom. The van der Waals surface area contributed by atoms with Crippen LogP contribution in [0.2, 0.25) is 0 Å². The number of aromatic amines is 1. The summed E-state index contributed by atoms with van der Waals surface area (Å²) in [7, 11) is 0. The first-order valence-corrected chi connectivity index (χ1v) is 10.5. The summed E-state index contributed by atoms with van der Waals surface area (Å²) in [5.41, 5.74) is 6.92. The largest absolute Gasteiger partial charge is 0.430 e. The minimum Gasteiger partial charge on any atom is -0.430 e. The Morgan fingerprint density at radius 1 is 0.636 bits per heavy atom. The molecule has 0 aliphatic rings. The van der Waals surface area contributed by atoms with E-state index in [-0.39, 0.29) is 0 Å². The van der Waals surface area contributed by atoms with Crippen LogP contribution >= 0.6 is 0 Å². The van der Waals surface area contributed by atoms with Crippen molar-refractivity contribution in [3.8, 4) is 56.4 Å². The lowest BCUT2D eigenvalue weighted by Gasteiger charge is -2.09. The van der Waals surface area contributed by atoms with Gasteiger partial charge in [0.05, 0.1) is 5.69 Å². The number of hydrogen-bond donors (Lipinski definition) is 1. The van der Waals surface area contributed by atoms with Crippen LogP contribution in [0.1, 0.15) is 0 Å². The second kappa shape index (κ2) is 8.09. The lowest BCUT2D eigenvalue weighted by molar-refractivity contribution is 0.403. The summed E-state index contributed by atoms with van der Waals surface area (Å²) >= 11 is 0. The maximum absolute atomic E-state index is 5.74. The van der Waals surface area contributed by atoms with Gasteiger partial charge in [-0.05, 0) is 11.6 Å². The number of oxazole rings is 1. The van der Waals surface area contributed by atoms with Crippen molar-refractivity contribution >= 4 is 0 Å². The predicted molar refractivity (Wildman–Crippen MR) is 125 cm³/mol. The van der Waals surface area contributed by atoms with Gasteiger partial charge in [-0.15, -0.1) is 5.10 Å². The predicted octanol–water partition coefficient (Wildman–Crippen LogP) is 6.52. The van der Waals surface area contributed by atoms with Gasteiger partial charge in [0.1, 0.15) is 11.4 Å². The molecule has 3 aromatic carbocycles. The minimum atomic E-state index is 0.623. The van der Waals surface area contributed by atoms with Gasteiger partial charge in [0, 0.05) is 33.7 Å². The van der Waals surface area contributed by atoms with Crippen molar-refractivity contribution in [2.45, 2.75) is 0 Å². The molecule has 0 bridgehead atoms. The van der Waals surface area contributed by atoms with Crippen LogP contribution in [0.15, 0.2) is 106 Å².